The van der Waals surface area contributed by atoms with Gasteiger partial charge in [0.05, 0.1) is 18.6 Å². The maximum Gasteiger partial charge on any atom is 0.305 e. The van der Waals surface area contributed by atoms with E-state index >= 15 is 0 Å². The summed E-state index contributed by atoms with van der Waals surface area (Å²) in [6.45, 7) is 1.78. The van der Waals surface area contributed by atoms with Crippen LogP contribution in [-0.4, -0.2) is 33.5 Å². The standard InChI is InChI=1S/C7H14O4/c1-2-5(8)3-6(9)4-7(10)11/h5-6,8-9H,2-4H2,1H3,(H,10,11)/t5-,6-/m1/s1. The van der Waals surface area contributed by atoms with Crippen LogP contribution in [0.3, 0.4) is 0 Å². The summed E-state index contributed by atoms with van der Waals surface area (Å²) in [6, 6.07) is 0. The highest BCUT2D eigenvalue weighted by atomic mass is 16.4. The quantitative estimate of drug-likeness (QED) is 0.531. The minimum Gasteiger partial charge on any atom is -0.481 e. The Bertz CT molecular complexity index is 124. The summed E-state index contributed by atoms with van der Waals surface area (Å²) in [6.07, 6.45) is -1.14. The third kappa shape index (κ3) is 5.82. The van der Waals surface area contributed by atoms with Crippen LogP contribution in [0.1, 0.15) is 26.2 Å². The predicted octanol–water partition coefficient (Wildman–Crippen LogP) is -0.0170. The summed E-state index contributed by atoms with van der Waals surface area (Å²) in [5.74, 6) is -1.04. The van der Waals surface area contributed by atoms with Gasteiger partial charge in [-0.25, -0.2) is 0 Å². The number of carboxylic acids is 1. The highest BCUT2D eigenvalue weighted by molar-refractivity contribution is 5.67. The smallest absolute Gasteiger partial charge is 0.305 e. The number of rotatable bonds is 5. The minimum absolute atomic E-state index is 0.142. The van der Waals surface area contributed by atoms with Gasteiger partial charge in [0.25, 0.3) is 0 Å². The van der Waals surface area contributed by atoms with Crippen molar-refractivity contribution in [2.45, 2.75) is 38.4 Å². The van der Waals surface area contributed by atoms with Crippen molar-refractivity contribution in [3.63, 3.8) is 0 Å². The van der Waals surface area contributed by atoms with Crippen LogP contribution in [0.25, 0.3) is 0 Å². The molecule has 0 saturated heterocycles. The molecule has 0 radical (unpaired) electrons. The molecule has 0 heterocycles. The first-order valence-corrected chi connectivity index (χ1v) is 3.64. The molecule has 0 aliphatic carbocycles. The van der Waals surface area contributed by atoms with Crippen LogP contribution in [-0.2, 0) is 4.79 Å². The highest BCUT2D eigenvalue weighted by Gasteiger charge is 2.13. The number of hydrogen-bond donors (Lipinski definition) is 3. The van der Waals surface area contributed by atoms with Crippen LogP contribution >= 0.6 is 0 Å². The number of aliphatic hydroxyl groups is 2. The summed E-state index contributed by atoms with van der Waals surface area (Å²) < 4.78 is 0. The van der Waals surface area contributed by atoms with Gasteiger partial charge in [0.15, 0.2) is 0 Å². The van der Waals surface area contributed by atoms with Gasteiger partial charge >= 0.3 is 5.97 Å². The summed E-state index contributed by atoms with van der Waals surface area (Å²) in [5.41, 5.74) is 0. The lowest BCUT2D eigenvalue weighted by molar-refractivity contribution is -0.139. The minimum atomic E-state index is -1.04. The van der Waals surface area contributed by atoms with E-state index in [0.29, 0.717) is 6.42 Å². The van der Waals surface area contributed by atoms with Crippen LogP contribution in [0.2, 0.25) is 0 Å². The molecule has 2 atom stereocenters. The van der Waals surface area contributed by atoms with Crippen molar-refractivity contribution in [3.8, 4) is 0 Å². The molecule has 0 saturated carbocycles. The monoisotopic (exact) mass is 162 g/mol. The van der Waals surface area contributed by atoms with Gasteiger partial charge < -0.3 is 15.3 Å². The van der Waals surface area contributed by atoms with E-state index in [1.807, 2.05) is 0 Å². The fourth-order valence-corrected chi connectivity index (χ4v) is 0.766. The summed E-state index contributed by atoms with van der Waals surface area (Å²) in [7, 11) is 0. The maximum atomic E-state index is 10.0. The SMILES string of the molecule is CC[C@@H](O)C[C@@H](O)CC(=O)O. The summed E-state index contributed by atoms with van der Waals surface area (Å²) in [5, 5.41) is 26.2. The molecule has 0 amide bonds. The van der Waals surface area contributed by atoms with E-state index in [4.69, 9.17) is 15.3 Å². The molecule has 66 valence electrons. The van der Waals surface area contributed by atoms with Gasteiger partial charge in [-0.15, -0.1) is 0 Å². The Kier molecular flexibility index (Phi) is 4.81. The van der Waals surface area contributed by atoms with Crippen LogP contribution in [0.5, 0.6) is 0 Å². The predicted molar refractivity (Wildman–Crippen MR) is 39.2 cm³/mol. The molecule has 0 bridgehead atoms. The van der Waals surface area contributed by atoms with Crippen LogP contribution in [0.15, 0.2) is 0 Å². The van der Waals surface area contributed by atoms with E-state index in [2.05, 4.69) is 0 Å². The van der Waals surface area contributed by atoms with Crippen molar-refractivity contribution in [1.82, 2.24) is 0 Å². The van der Waals surface area contributed by atoms with Crippen LogP contribution in [0, 0.1) is 0 Å². The number of carbonyl (C=O) groups is 1. The molecule has 0 spiro atoms. The van der Waals surface area contributed by atoms with Crippen molar-refractivity contribution in [2.75, 3.05) is 0 Å². The molecule has 4 nitrogen and oxygen atoms in total. The zero-order chi connectivity index (χ0) is 8.85. The fourth-order valence-electron chi connectivity index (χ4n) is 0.766. The van der Waals surface area contributed by atoms with Gasteiger partial charge in [0.1, 0.15) is 0 Å². The van der Waals surface area contributed by atoms with Gasteiger partial charge in [-0.3, -0.25) is 4.79 Å². The fraction of sp³-hybridized carbons (Fsp3) is 0.857. The van der Waals surface area contributed by atoms with E-state index in [1.54, 1.807) is 6.92 Å². The van der Waals surface area contributed by atoms with Gasteiger partial charge in [-0.05, 0) is 12.8 Å². The second kappa shape index (κ2) is 5.09. The normalized spacial score (nSPS) is 15.9. The van der Waals surface area contributed by atoms with Gasteiger partial charge in [0.2, 0.25) is 0 Å². The van der Waals surface area contributed by atoms with Crippen molar-refractivity contribution >= 4 is 5.97 Å². The molecular formula is C7H14O4. The van der Waals surface area contributed by atoms with Crippen molar-refractivity contribution < 1.29 is 20.1 Å². The second-order valence-corrected chi connectivity index (χ2v) is 2.55. The zero-order valence-electron chi connectivity index (χ0n) is 6.53. The Morgan fingerprint density at radius 1 is 1.36 bits per heavy atom. The Balaban J connectivity index is 3.51. The average Bonchev–Trinajstić information content (AvgIpc) is 1.85. The van der Waals surface area contributed by atoms with Gasteiger partial charge in [-0.2, -0.15) is 0 Å². The van der Waals surface area contributed by atoms with Crippen LogP contribution < -0.4 is 0 Å². The zero-order valence-corrected chi connectivity index (χ0v) is 6.53. The first-order valence-electron chi connectivity index (χ1n) is 3.64. The van der Waals surface area contributed by atoms with Crippen molar-refractivity contribution in [3.05, 3.63) is 0 Å². The largest absolute Gasteiger partial charge is 0.481 e. The Hall–Kier alpha value is -0.610. The summed E-state index contributed by atoms with van der Waals surface area (Å²) >= 11 is 0. The lowest BCUT2D eigenvalue weighted by atomic mass is 10.1. The highest BCUT2D eigenvalue weighted by Crippen LogP contribution is 2.04. The van der Waals surface area contributed by atoms with Crippen LogP contribution in [0.4, 0.5) is 0 Å². The van der Waals surface area contributed by atoms with Gasteiger partial charge in [-0.1, -0.05) is 6.92 Å². The van der Waals surface area contributed by atoms with E-state index in [0.717, 1.165) is 0 Å². The lowest BCUT2D eigenvalue weighted by Crippen LogP contribution is -2.19. The topological polar surface area (TPSA) is 77.8 Å². The molecule has 0 aromatic rings. The first kappa shape index (κ1) is 10.4. The molecule has 0 fully saturated rings. The first-order chi connectivity index (χ1) is 5.06. The Labute approximate surface area is 65.5 Å². The number of aliphatic carboxylic acids is 1. The summed E-state index contributed by atoms with van der Waals surface area (Å²) in [4.78, 5) is 10.0. The second-order valence-electron chi connectivity index (χ2n) is 2.55. The third-order valence-corrected chi connectivity index (χ3v) is 1.43. The lowest BCUT2D eigenvalue weighted by Gasteiger charge is -2.11. The number of aliphatic hydroxyl groups excluding tert-OH is 2. The molecule has 11 heavy (non-hydrogen) atoms. The number of carboxylic acid groups (broad SMARTS) is 1. The molecule has 0 aliphatic rings. The molecule has 0 aromatic heterocycles. The molecule has 0 aromatic carbocycles. The molecule has 4 heteroatoms. The van der Waals surface area contributed by atoms with E-state index in [-0.39, 0.29) is 12.8 Å². The molecule has 0 rings (SSSR count). The third-order valence-electron chi connectivity index (χ3n) is 1.43. The molecular weight excluding hydrogens is 148 g/mol. The molecule has 0 unspecified atom stereocenters. The Morgan fingerprint density at radius 3 is 2.27 bits per heavy atom. The van der Waals surface area contributed by atoms with Gasteiger partial charge in [0, 0.05) is 0 Å². The van der Waals surface area contributed by atoms with E-state index in [9.17, 15) is 4.79 Å². The van der Waals surface area contributed by atoms with E-state index < -0.39 is 18.2 Å². The average molecular weight is 162 g/mol. The van der Waals surface area contributed by atoms with Crippen molar-refractivity contribution in [1.29, 1.82) is 0 Å². The van der Waals surface area contributed by atoms with Crippen molar-refractivity contribution in [2.24, 2.45) is 0 Å². The number of hydrogen-bond acceptors (Lipinski definition) is 3. The molecule has 0 aliphatic heterocycles. The van der Waals surface area contributed by atoms with E-state index in [1.165, 1.54) is 0 Å². The Morgan fingerprint density at radius 2 is 1.91 bits per heavy atom. The molecule has 3 N–H and O–H groups in total. The maximum absolute atomic E-state index is 10.0.